The van der Waals surface area contributed by atoms with E-state index in [1.807, 2.05) is 60.8 Å². The van der Waals surface area contributed by atoms with Crippen LogP contribution in [-0.2, 0) is 32.9 Å². The van der Waals surface area contributed by atoms with Crippen LogP contribution < -0.4 is 20.1 Å². The van der Waals surface area contributed by atoms with Gasteiger partial charge < -0.3 is 25.0 Å². The van der Waals surface area contributed by atoms with Crippen molar-refractivity contribution in [1.29, 1.82) is 0 Å². The summed E-state index contributed by atoms with van der Waals surface area (Å²) in [5, 5.41) is 31.8. The fourth-order valence-corrected chi connectivity index (χ4v) is 11.7. The number of methoxy groups -OCH3 is 1. The van der Waals surface area contributed by atoms with Gasteiger partial charge in [-0.05, 0) is 61.4 Å². The second-order valence-electron chi connectivity index (χ2n) is 13.3. The summed E-state index contributed by atoms with van der Waals surface area (Å²) in [5.41, 5.74) is 1.95. The number of aryl methyl sites for hydroxylation is 1. The highest BCUT2D eigenvalue weighted by Crippen LogP contribution is 2.61. The number of aromatic nitrogens is 3. The second kappa shape index (κ2) is 13.3. The van der Waals surface area contributed by atoms with Crippen molar-refractivity contribution < 1.29 is 29.3 Å². The summed E-state index contributed by atoms with van der Waals surface area (Å²) in [5.74, 6) is -0.184. The molecule has 0 unspecified atom stereocenters. The van der Waals surface area contributed by atoms with Gasteiger partial charge in [0.1, 0.15) is 11.9 Å². The van der Waals surface area contributed by atoms with E-state index in [1.54, 1.807) is 22.8 Å². The van der Waals surface area contributed by atoms with Crippen LogP contribution in [0.15, 0.2) is 79.0 Å². The van der Waals surface area contributed by atoms with Crippen molar-refractivity contribution in [3.8, 4) is 5.75 Å². The summed E-state index contributed by atoms with van der Waals surface area (Å²) in [6.45, 7) is 8.70. The van der Waals surface area contributed by atoms with Gasteiger partial charge in [0.2, 0.25) is 0 Å². The van der Waals surface area contributed by atoms with E-state index >= 15 is 4.79 Å². The number of aliphatic hydroxyl groups is 2. The van der Waals surface area contributed by atoms with E-state index in [-0.39, 0.29) is 30.1 Å². The molecule has 1 aromatic heterocycles. The molecular formula is C36H43N5O6Si. The number of aliphatic hydroxyl groups excluding tert-OH is 2. The highest BCUT2D eigenvalue weighted by molar-refractivity contribution is 6.91. The Kier molecular flexibility index (Phi) is 9.27. The highest BCUT2D eigenvalue weighted by atomic mass is 28.3. The average molecular weight is 670 g/mol. The van der Waals surface area contributed by atoms with E-state index in [2.05, 4.69) is 47.8 Å². The van der Waals surface area contributed by atoms with Crippen LogP contribution in [0.25, 0.3) is 0 Å². The number of ether oxygens (including phenoxy) is 2. The van der Waals surface area contributed by atoms with Gasteiger partial charge in [-0.15, -0.1) is 5.10 Å². The summed E-state index contributed by atoms with van der Waals surface area (Å²) in [6.07, 6.45) is 1.33. The molecule has 6 rings (SSSR count). The van der Waals surface area contributed by atoms with Crippen LogP contribution in [0, 0.1) is 5.92 Å². The van der Waals surface area contributed by atoms with Gasteiger partial charge in [0.05, 0.1) is 32.7 Å². The Morgan fingerprint density at radius 3 is 2.52 bits per heavy atom. The number of benzene rings is 3. The van der Waals surface area contributed by atoms with Crippen LogP contribution in [0.5, 0.6) is 5.75 Å². The largest absolute Gasteiger partial charge is 0.497 e. The number of anilines is 3. The first-order valence-corrected chi connectivity index (χ1v) is 19.4. The summed E-state index contributed by atoms with van der Waals surface area (Å²) in [4.78, 5) is 29.3. The standard InChI is InChI=1S/C36H43N5O6Si/c1-23-33(48(4,5)29-14-12-28(46-3)13-15-29)32(17-19-40-22-26(18-20-42)38-39-40)47-36(23)30-21-25(37-34(44)24(2)43)11-16-31(30)41(35(36)45)27-9-7-6-8-10-27/h6-16,21-24,32-33,42-43H,17-20H2,1-5H3,(H,37,44)/t23-,24-,32+,33-,36+/m0/s1. The van der Waals surface area contributed by atoms with Crippen molar-refractivity contribution in [2.24, 2.45) is 5.92 Å². The third-order valence-electron chi connectivity index (χ3n) is 10.0. The fraction of sp³-hybridized carbons (Fsp3) is 0.389. The van der Waals surface area contributed by atoms with Gasteiger partial charge in [-0.1, -0.05) is 60.7 Å². The van der Waals surface area contributed by atoms with Crippen molar-refractivity contribution in [3.63, 3.8) is 0 Å². The molecule has 0 bridgehead atoms. The molecule has 2 amide bonds. The van der Waals surface area contributed by atoms with E-state index in [0.29, 0.717) is 42.0 Å². The van der Waals surface area contributed by atoms with E-state index < -0.39 is 25.7 Å². The number of amides is 2. The molecule has 2 aliphatic heterocycles. The minimum atomic E-state index is -2.39. The summed E-state index contributed by atoms with van der Waals surface area (Å²) in [6, 6.07) is 23.2. The maximum atomic E-state index is 15.0. The molecule has 1 saturated heterocycles. The zero-order valence-corrected chi connectivity index (χ0v) is 29.0. The van der Waals surface area contributed by atoms with Crippen molar-refractivity contribution in [3.05, 3.63) is 90.3 Å². The molecule has 3 aromatic carbocycles. The molecule has 48 heavy (non-hydrogen) atoms. The quantitative estimate of drug-likeness (QED) is 0.203. The number of hydrogen-bond donors (Lipinski definition) is 3. The van der Waals surface area contributed by atoms with Gasteiger partial charge in [0.25, 0.3) is 11.8 Å². The number of para-hydroxylation sites is 1. The first kappa shape index (κ1) is 33.5. The zero-order chi connectivity index (χ0) is 34.2. The average Bonchev–Trinajstić information content (AvgIpc) is 3.73. The third-order valence-corrected chi connectivity index (χ3v) is 14.4. The number of carbonyl (C=O) groups is 2. The number of rotatable bonds is 11. The SMILES string of the molecule is COc1ccc([Si](C)(C)[C@@H]2[C@@H](CCn3cc(CCO)nn3)O[C@]3(C(=O)N(c4ccccc4)c4ccc(NC(=O)[C@H](C)O)cc43)[C@H]2C)cc1. The number of nitrogens with one attached hydrogen (secondary N) is 1. The Hall–Kier alpha value is -4.36. The van der Waals surface area contributed by atoms with Crippen LogP contribution in [-0.4, -0.2) is 71.0 Å². The van der Waals surface area contributed by atoms with Gasteiger partial charge in [-0.25, -0.2) is 0 Å². The van der Waals surface area contributed by atoms with Crippen molar-refractivity contribution in [2.45, 2.75) is 69.7 Å². The van der Waals surface area contributed by atoms with E-state index in [0.717, 1.165) is 11.4 Å². The van der Waals surface area contributed by atoms with Gasteiger partial charge in [-0.2, -0.15) is 0 Å². The van der Waals surface area contributed by atoms with Gasteiger partial charge in [0.15, 0.2) is 5.60 Å². The molecule has 0 saturated carbocycles. The lowest BCUT2D eigenvalue weighted by atomic mass is 9.82. The van der Waals surface area contributed by atoms with Crippen molar-refractivity contribution in [1.82, 2.24) is 15.0 Å². The molecule has 5 atom stereocenters. The van der Waals surface area contributed by atoms with Crippen LogP contribution in [0.4, 0.5) is 17.1 Å². The van der Waals surface area contributed by atoms with Crippen molar-refractivity contribution in [2.75, 3.05) is 23.9 Å². The third kappa shape index (κ3) is 5.83. The second-order valence-corrected chi connectivity index (χ2v) is 18.0. The predicted octanol–water partition coefficient (Wildman–Crippen LogP) is 4.13. The molecular weight excluding hydrogens is 627 g/mol. The Bertz CT molecular complexity index is 1780. The molecule has 1 spiro atoms. The maximum absolute atomic E-state index is 15.0. The summed E-state index contributed by atoms with van der Waals surface area (Å²) >= 11 is 0. The topological polar surface area (TPSA) is 139 Å². The monoisotopic (exact) mass is 669 g/mol. The van der Waals surface area contributed by atoms with Crippen LogP contribution >= 0.6 is 0 Å². The fourth-order valence-electron chi connectivity index (χ4n) is 7.60. The molecule has 3 heterocycles. The molecule has 1 fully saturated rings. The number of carbonyl (C=O) groups excluding carboxylic acids is 2. The lowest BCUT2D eigenvalue weighted by molar-refractivity contribution is -0.145. The number of hydrogen-bond acceptors (Lipinski definition) is 8. The Morgan fingerprint density at radius 2 is 1.85 bits per heavy atom. The Morgan fingerprint density at radius 1 is 1.12 bits per heavy atom. The zero-order valence-electron chi connectivity index (χ0n) is 28.0. The van der Waals surface area contributed by atoms with Crippen molar-refractivity contribution >= 4 is 42.1 Å². The Labute approximate surface area is 281 Å². The molecule has 0 aliphatic carbocycles. The minimum Gasteiger partial charge on any atom is -0.497 e. The van der Waals surface area contributed by atoms with Gasteiger partial charge >= 0.3 is 0 Å². The van der Waals surface area contributed by atoms with Gasteiger partial charge in [-0.3, -0.25) is 19.2 Å². The van der Waals surface area contributed by atoms with Crippen LogP contribution in [0.3, 0.4) is 0 Å². The normalized spacial score (nSPS) is 22.6. The molecule has 252 valence electrons. The van der Waals surface area contributed by atoms with Crippen LogP contribution in [0.1, 0.15) is 31.5 Å². The lowest BCUT2D eigenvalue weighted by Crippen LogP contribution is -2.51. The molecule has 4 aromatic rings. The Balaban J connectivity index is 1.47. The maximum Gasteiger partial charge on any atom is 0.268 e. The molecule has 3 N–H and O–H groups in total. The predicted molar refractivity (Wildman–Crippen MR) is 185 cm³/mol. The lowest BCUT2D eigenvalue weighted by Gasteiger charge is -2.37. The smallest absolute Gasteiger partial charge is 0.268 e. The molecule has 12 heteroatoms. The number of fused-ring (bicyclic) bond motifs is 2. The summed E-state index contributed by atoms with van der Waals surface area (Å²) < 4.78 is 14.4. The van der Waals surface area contributed by atoms with E-state index in [9.17, 15) is 15.0 Å². The molecule has 11 nitrogen and oxygen atoms in total. The molecule has 0 radical (unpaired) electrons. The highest BCUT2D eigenvalue weighted by Gasteiger charge is 2.66. The first-order valence-electron chi connectivity index (χ1n) is 16.4. The van der Waals surface area contributed by atoms with E-state index in [4.69, 9.17) is 9.47 Å². The van der Waals surface area contributed by atoms with E-state index in [1.165, 1.54) is 12.1 Å². The first-order chi connectivity index (χ1) is 23.0. The van der Waals surface area contributed by atoms with Crippen LogP contribution in [0.2, 0.25) is 18.6 Å². The molecule has 2 aliphatic rings. The number of nitrogens with zero attached hydrogens (tertiary/aromatic N) is 4. The minimum absolute atomic E-state index is 0.00503. The van der Waals surface area contributed by atoms with Gasteiger partial charge in [0, 0.05) is 48.6 Å². The summed E-state index contributed by atoms with van der Waals surface area (Å²) in [7, 11) is -0.734.